The molecule has 0 amide bonds. The topological polar surface area (TPSA) is 66.5 Å². The zero-order chi connectivity index (χ0) is 8.69. The summed E-state index contributed by atoms with van der Waals surface area (Å²) < 4.78 is 0. The molecule has 0 aliphatic carbocycles. The maximum Gasteiger partial charge on any atom is 0.469 e. The van der Waals surface area contributed by atoms with Crippen molar-refractivity contribution in [3.05, 3.63) is 12.7 Å². The van der Waals surface area contributed by atoms with Crippen LogP contribution in [0.1, 0.15) is 25.7 Å². The number of hydrogen-bond acceptors (Lipinski definition) is 3. The zero-order valence-corrected chi connectivity index (χ0v) is 6.74. The van der Waals surface area contributed by atoms with Gasteiger partial charge in [0.25, 0.3) is 0 Å². The van der Waals surface area contributed by atoms with Gasteiger partial charge in [0.05, 0.1) is 0 Å². The summed E-state index contributed by atoms with van der Waals surface area (Å²) in [5.41, 5.74) is 5.37. The van der Waals surface area contributed by atoms with E-state index in [1.165, 1.54) is 0 Å². The highest BCUT2D eigenvalue weighted by molar-refractivity contribution is 6.43. The van der Waals surface area contributed by atoms with Crippen LogP contribution >= 0.6 is 0 Å². The van der Waals surface area contributed by atoms with Gasteiger partial charge in [-0.15, -0.1) is 6.58 Å². The molecule has 64 valence electrons. The van der Waals surface area contributed by atoms with Crippen molar-refractivity contribution in [3.8, 4) is 0 Å². The Morgan fingerprint density at radius 3 is 2.55 bits per heavy atom. The second kappa shape index (κ2) is 6.40. The molecule has 0 rings (SSSR count). The lowest BCUT2D eigenvalue weighted by atomic mass is 9.77. The molecule has 11 heavy (non-hydrogen) atoms. The summed E-state index contributed by atoms with van der Waals surface area (Å²) in [5, 5.41) is 17.2. The van der Waals surface area contributed by atoms with E-state index >= 15 is 0 Å². The minimum Gasteiger partial charge on any atom is -0.426 e. The Kier molecular flexibility index (Phi) is 6.22. The molecule has 3 nitrogen and oxygen atoms in total. The van der Waals surface area contributed by atoms with E-state index < -0.39 is 13.1 Å². The normalized spacial score (nSPS) is 12.6. The van der Waals surface area contributed by atoms with Gasteiger partial charge in [0.1, 0.15) is 0 Å². The summed E-state index contributed by atoms with van der Waals surface area (Å²) in [5.74, 6) is -0.500. The first-order valence-electron chi connectivity index (χ1n) is 3.91. The second-order valence-corrected chi connectivity index (χ2v) is 2.65. The van der Waals surface area contributed by atoms with Gasteiger partial charge in [-0.05, 0) is 19.3 Å². The smallest absolute Gasteiger partial charge is 0.426 e. The monoisotopic (exact) mass is 157 g/mol. The number of hydrogen-bond donors (Lipinski definition) is 3. The third-order valence-electron chi connectivity index (χ3n) is 1.58. The fourth-order valence-electron chi connectivity index (χ4n) is 0.818. The molecule has 0 aliphatic heterocycles. The van der Waals surface area contributed by atoms with E-state index in [-0.39, 0.29) is 0 Å². The van der Waals surface area contributed by atoms with E-state index in [4.69, 9.17) is 15.8 Å². The lowest BCUT2D eigenvalue weighted by Crippen LogP contribution is -2.38. The van der Waals surface area contributed by atoms with Crippen molar-refractivity contribution >= 4 is 7.12 Å². The van der Waals surface area contributed by atoms with Gasteiger partial charge in [0, 0.05) is 5.94 Å². The van der Waals surface area contributed by atoms with Gasteiger partial charge in [-0.1, -0.05) is 12.5 Å². The number of rotatable bonds is 6. The van der Waals surface area contributed by atoms with Crippen molar-refractivity contribution < 1.29 is 10.0 Å². The molecule has 0 heterocycles. The van der Waals surface area contributed by atoms with E-state index in [0.29, 0.717) is 6.42 Å². The van der Waals surface area contributed by atoms with Crippen molar-refractivity contribution in [1.29, 1.82) is 0 Å². The summed E-state index contributed by atoms with van der Waals surface area (Å²) in [6, 6.07) is 0. The molecule has 0 aromatic rings. The average molecular weight is 157 g/mol. The van der Waals surface area contributed by atoms with Crippen molar-refractivity contribution in [2.75, 3.05) is 0 Å². The van der Waals surface area contributed by atoms with Crippen LogP contribution in [-0.4, -0.2) is 23.1 Å². The molecule has 0 spiro atoms. The van der Waals surface area contributed by atoms with Crippen LogP contribution in [0.3, 0.4) is 0 Å². The van der Waals surface area contributed by atoms with Crippen LogP contribution in [0.2, 0.25) is 0 Å². The van der Waals surface area contributed by atoms with E-state index in [2.05, 4.69) is 6.58 Å². The van der Waals surface area contributed by atoms with Gasteiger partial charge >= 0.3 is 7.12 Å². The van der Waals surface area contributed by atoms with E-state index in [1.54, 1.807) is 0 Å². The van der Waals surface area contributed by atoms with Crippen LogP contribution in [-0.2, 0) is 0 Å². The predicted molar refractivity (Wildman–Crippen MR) is 46.8 cm³/mol. The van der Waals surface area contributed by atoms with Crippen molar-refractivity contribution in [3.63, 3.8) is 0 Å². The van der Waals surface area contributed by atoms with Crippen LogP contribution in [0.15, 0.2) is 12.7 Å². The Labute approximate surface area is 68.1 Å². The molecular weight excluding hydrogens is 141 g/mol. The molecule has 0 aromatic carbocycles. The standard InChI is InChI=1S/C7H16BNO2/c1-2-3-4-5-6-7(9)8(10)11/h2,7,10-11H,1,3-6,9H2/t7-/m1/s1. The number of nitrogens with two attached hydrogens (primary N) is 1. The summed E-state index contributed by atoms with van der Waals surface area (Å²) >= 11 is 0. The second-order valence-electron chi connectivity index (χ2n) is 2.65. The molecular formula is C7H16BNO2. The summed E-state index contributed by atoms with van der Waals surface area (Å²) in [6.07, 6.45) is 5.41. The van der Waals surface area contributed by atoms with Crippen LogP contribution in [0, 0.1) is 0 Å². The van der Waals surface area contributed by atoms with Crippen molar-refractivity contribution in [2.24, 2.45) is 5.73 Å². The van der Waals surface area contributed by atoms with Gasteiger partial charge in [-0.2, -0.15) is 0 Å². The molecule has 0 bridgehead atoms. The highest BCUT2D eigenvalue weighted by Gasteiger charge is 2.17. The summed E-state index contributed by atoms with van der Waals surface area (Å²) in [7, 11) is -1.38. The van der Waals surface area contributed by atoms with Gasteiger partial charge < -0.3 is 15.8 Å². The average Bonchev–Trinajstić information content (AvgIpc) is 1.97. The third kappa shape index (κ3) is 6.10. The molecule has 0 aromatic heterocycles. The Hall–Kier alpha value is -0.315. The van der Waals surface area contributed by atoms with E-state index in [1.807, 2.05) is 6.08 Å². The molecule has 0 radical (unpaired) electrons. The molecule has 0 saturated heterocycles. The molecule has 0 fully saturated rings. The molecule has 0 saturated carbocycles. The lowest BCUT2D eigenvalue weighted by molar-refractivity contribution is 0.380. The zero-order valence-electron chi connectivity index (χ0n) is 6.74. The van der Waals surface area contributed by atoms with Crippen molar-refractivity contribution in [2.45, 2.75) is 31.6 Å². The molecule has 4 heteroatoms. The van der Waals surface area contributed by atoms with Gasteiger partial charge in [-0.3, -0.25) is 0 Å². The minimum absolute atomic E-state index is 0.500. The Morgan fingerprint density at radius 2 is 2.09 bits per heavy atom. The Bertz CT molecular complexity index is 109. The number of unbranched alkanes of at least 4 members (excludes halogenated alkanes) is 2. The largest absolute Gasteiger partial charge is 0.469 e. The van der Waals surface area contributed by atoms with Crippen LogP contribution in [0.25, 0.3) is 0 Å². The Morgan fingerprint density at radius 1 is 1.45 bits per heavy atom. The van der Waals surface area contributed by atoms with Crippen LogP contribution in [0.4, 0.5) is 0 Å². The predicted octanol–water partition coefficient (Wildman–Crippen LogP) is 0.0721. The van der Waals surface area contributed by atoms with Crippen LogP contribution in [0.5, 0.6) is 0 Å². The third-order valence-corrected chi connectivity index (χ3v) is 1.58. The van der Waals surface area contributed by atoms with Crippen molar-refractivity contribution in [1.82, 2.24) is 0 Å². The highest BCUT2D eigenvalue weighted by atomic mass is 16.4. The SMILES string of the molecule is C=CCCCC[C@@H](N)B(O)O. The van der Waals surface area contributed by atoms with E-state index in [0.717, 1.165) is 19.3 Å². The molecule has 0 aliphatic rings. The quantitative estimate of drug-likeness (QED) is 0.290. The summed E-state index contributed by atoms with van der Waals surface area (Å²) in [6.45, 7) is 3.58. The first-order valence-corrected chi connectivity index (χ1v) is 3.91. The van der Waals surface area contributed by atoms with Crippen LogP contribution < -0.4 is 5.73 Å². The lowest BCUT2D eigenvalue weighted by Gasteiger charge is -2.08. The fourth-order valence-corrected chi connectivity index (χ4v) is 0.818. The molecule has 0 unspecified atom stereocenters. The van der Waals surface area contributed by atoms with Gasteiger partial charge in [0.15, 0.2) is 0 Å². The fraction of sp³-hybridized carbons (Fsp3) is 0.714. The first kappa shape index (κ1) is 10.7. The maximum absolute atomic E-state index is 8.59. The first-order chi connectivity index (χ1) is 5.18. The van der Waals surface area contributed by atoms with Gasteiger partial charge in [0.2, 0.25) is 0 Å². The van der Waals surface area contributed by atoms with E-state index in [9.17, 15) is 0 Å². The molecule has 4 N–H and O–H groups in total. The highest BCUT2D eigenvalue weighted by Crippen LogP contribution is 2.02. The summed E-state index contributed by atoms with van der Waals surface area (Å²) in [4.78, 5) is 0. The molecule has 1 atom stereocenters. The van der Waals surface area contributed by atoms with Gasteiger partial charge in [-0.25, -0.2) is 0 Å². The Balaban J connectivity index is 3.17. The number of allylic oxidation sites excluding steroid dienone is 1. The minimum atomic E-state index is -1.38. The maximum atomic E-state index is 8.59.